The molecule has 0 bridgehead atoms. The Hall–Kier alpha value is -3.13. The minimum Gasteiger partial charge on any atom is -0.478 e. The van der Waals surface area contributed by atoms with E-state index in [9.17, 15) is 9.90 Å². The topological polar surface area (TPSA) is 37.3 Å². The molecule has 0 saturated carbocycles. The van der Waals surface area contributed by atoms with Crippen LogP contribution in [0, 0.1) is 0 Å². The van der Waals surface area contributed by atoms with E-state index in [0.717, 1.165) is 16.7 Å². The third-order valence-electron chi connectivity index (χ3n) is 4.58. The summed E-state index contributed by atoms with van der Waals surface area (Å²) in [7, 11) is 0. The first-order chi connectivity index (χ1) is 12.1. The van der Waals surface area contributed by atoms with Crippen molar-refractivity contribution < 1.29 is 9.90 Å². The zero-order chi connectivity index (χ0) is 17.7. The average molecular weight is 328 g/mol. The van der Waals surface area contributed by atoms with Gasteiger partial charge >= 0.3 is 5.97 Å². The maximum atomic E-state index is 11.6. The van der Waals surface area contributed by atoms with Gasteiger partial charge in [-0.25, -0.2) is 4.79 Å². The second kappa shape index (κ2) is 7.18. The van der Waals surface area contributed by atoms with Gasteiger partial charge < -0.3 is 5.11 Å². The molecule has 0 aromatic heterocycles. The van der Waals surface area contributed by atoms with Crippen molar-refractivity contribution in [3.05, 3.63) is 120 Å². The number of carbonyl (C=O) groups is 1. The lowest BCUT2D eigenvalue weighted by Crippen LogP contribution is -2.31. The van der Waals surface area contributed by atoms with Crippen molar-refractivity contribution in [1.82, 2.24) is 0 Å². The van der Waals surface area contributed by atoms with Crippen molar-refractivity contribution in [3.63, 3.8) is 0 Å². The van der Waals surface area contributed by atoms with Crippen molar-refractivity contribution in [1.29, 1.82) is 0 Å². The second-order valence-electron chi connectivity index (χ2n) is 6.09. The molecule has 0 heterocycles. The van der Waals surface area contributed by atoms with Gasteiger partial charge in [0, 0.05) is 11.0 Å². The third kappa shape index (κ3) is 3.24. The highest BCUT2D eigenvalue weighted by atomic mass is 16.4. The summed E-state index contributed by atoms with van der Waals surface area (Å²) in [5.41, 5.74) is 2.75. The van der Waals surface area contributed by atoms with Crippen molar-refractivity contribution in [2.75, 3.05) is 0 Å². The van der Waals surface area contributed by atoms with E-state index in [1.807, 2.05) is 54.6 Å². The monoisotopic (exact) mass is 328 g/mol. The molecule has 0 radical (unpaired) electrons. The van der Waals surface area contributed by atoms with Crippen LogP contribution in [0.25, 0.3) is 0 Å². The zero-order valence-electron chi connectivity index (χ0n) is 13.9. The standard InChI is InChI=1S/C23H20O2/c1-18(22(24)25)17-23(19-11-5-2-6-12-19,20-13-7-3-8-14-20)21-15-9-4-10-16-21/h2-16H,1,17H2,(H,24,25). The van der Waals surface area contributed by atoms with E-state index in [0.29, 0.717) is 6.42 Å². The molecular formula is C23H20O2. The minimum absolute atomic E-state index is 0.191. The molecule has 25 heavy (non-hydrogen) atoms. The minimum atomic E-state index is -0.966. The number of carboxylic acids is 1. The molecule has 0 aliphatic carbocycles. The molecule has 2 heteroatoms. The Balaban J connectivity index is 2.31. The van der Waals surface area contributed by atoms with Crippen LogP contribution >= 0.6 is 0 Å². The molecule has 124 valence electrons. The molecule has 0 aliphatic rings. The first-order valence-electron chi connectivity index (χ1n) is 8.22. The molecule has 2 nitrogen and oxygen atoms in total. The fourth-order valence-corrected chi connectivity index (χ4v) is 3.37. The Morgan fingerprint density at radius 1 is 0.720 bits per heavy atom. The SMILES string of the molecule is C=C(CC(c1ccccc1)(c1ccccc1)c1ccccc1)C(=O)O. The Kier molecular flexibility index (Phi) is 4.80. The normalized spacial score (nSPS) is 11.0. The third-order valence-corrected chi connectivity index (χ3v) is 4.58. The van der Waals surface area contributed by atoms with Crippen LogP contribution in [0.4, 0.5) is 0 Å². The lowest BCUT2D eigenvalue weighted by molar-refractivity contribution is -0.132. The molecule has 3 aromatic carbocycles. The molecule has 0 aliphatic heterocycles. The number of aliphatic carboxylic acids is 1. The predicted octanol–water partition coefficient (Wildman–Crippen LogP) is 5.05. The van der Waals surface area contributed by atoms with E-state index >= 15 is 0 Å². The molecule has 0 saturated heterocycles. The van der Waals surface area contributed by atoms with Gasteiger partial charge in [-0.2, -0.15) is 0 Å². The summed E-state index contributed by atoms with van der Waals surface area (Å²) in [6.45, 7) is 3.82. The highest BCUT2D eigenvalue weighted by Gasteiger charge is 2.37. The van der Waals surface area contributed by atoms with Crippen LogP contribution in [0.2, 0.25) is 0 Å². The van der Waals surface area contributed by atoms with Gasteiger partial charge in [0.2, 0.25) is 0 Å². The summed E-state index contributed by atoms with van der Waals surface area (Å²) in [6, 6.07) is 30.1. The molecule has 3 rings (SSSR count). The Morgan fingerprint density at radius 3 is 1.32 bits per heavy atom. The van der Waals surface area contributed by atoms with E-state index in [2.05, 4.69) is 43.0 Å². The van der Waals surface area contributed by atoms with E-state index in [1.54, 1.807) is 0 Å². The van der Waals surface area contributed by atoms with Crippen molar-refractivity contribution in [3.8, 4) is 0 Å². The van der Waals surface area contributed by atoms with Crippen molar-refractivity contribution in [2.24, 2.45) is 0 Å². The van der Waals surface area contributed by atoms with Gasteiger partial charge in [0.15, 0.2) is 0 Å². The quantitative estimate of drug-likeness (QED) is 0.508. The second-order valence-corrected chi connectivity index (χ2v) is 6.09. The number of rotatable bonds is 6. The first kappa shape index (κ1) is 16.7. The molecule has 3 aromatic rings. The van der Waals surface area contributed by atoms with Gasteiger partial charge in [-0.05, 0) is 23.1 Å². The van der Waals surface area contributed by atoms with Gasteiger partial charge in [-0.15, -0.1) is 0 Å². The summed E-state index contributed by atoms with van der Waals surface area (Å²) < 4.78 is 0. The molecule has 0 atom stereocenters. The molecule has 0 fully saturated rings. The molecular weight excluding hydrogens is 308 g/mol. The lowest BCUT2D eigenvalue weighted by atomic mass is 9.66. The lowest BCUT2D eigenvalue weighted by Gasteiger charge is -2.36. The van der Waals surface area contributed by atoms with Gasteiger partial charge in [0.05, 0.1) is 0 Å². The van der Waals surface area contributed by atoms with E-state index in [-0.39, 0.29) is 5.57 Å². The van der Waals surface area contributed by atoms with Gasteiger partial charge in [-0.3, -0.25) is 0 Å². The van der Waals surface area contributed by atoms with Gasteiger partial charge in [0.25, 0.3) is 0 Å². The van der Waals surface area contributed by atoms with Crippen LogP contribution in [-0.2, 0) is 10.2 Å². The van der Waals surface area contributed by atoms with Crippen LogP contribution in [0.5, 0.6) is 0 Å². The van der Waals surface area contributed by atoms with E-state index in [4.69, 9.17) is 0 Å². The summed E-state index contributed by atoms with van der Waals surface area (Å²) in [4.78, 5) is 11.6. The van der Waals surface area contributed by atoms with Gasteiger partial charge in [0.1, 0.15) is 0 Å². The number of hydrogen-bond donors (Lipinski definition) is 1. The fourth-order valence-electron chi connectivity index (χ4n) is 3.37. The van der Waals surface area contributed by atoms with Crippen LogP contribution < -0.4 is 0 Å². The fraction of sp³-hybridized carbons (Fsp3) is 0.0870. The van der Waals surface area contributed by atoms with Gasteiger partial charge in [-0.1, -0.05) is 97.6 Å². The Bertz CT molecular complexity index is 756. The molecule has 0 spiro atoms. The zero-order valence-corrected chi connectivity index (χ0v) is 13.9. The number of benzene rings is 3. The molecule has 0 amide bonds. The summed E-state index contributed by atoms with van der Waals surface area (Å²) in [5.74, 6) is -0.966. The molecule has 1 N–H and O–H groups in total. The Labute approximate surface area is 148 Å². The maximum Gasteiger partial charge on any atom is 0.331 e. The highest BCUT2D eigenvalue weighted by Crippen LogP contribution is 2.43. The summed E-state index contributed by atoms with van der Waals surface area (Å²) >= 11 is 0. The largest absolute Gasteiger partial charge is 0.478 e. The summed E-state index contributed by atoms with van der Waals surface area (Å²) in [6.07, 6.45) is 0.306. The highest BCUT2D eigenvalue weighted by molar-refractivity contribution is 5.86. The van der Waals surface area contributed by atoms with Crippen molar-refractivity contribution in [2.45, 2.75) is 11.8 Å². The number of hydrogen-bond acceptors (Lipinski definition) is 1. The van der Waals surface area contributed by atoms with E-state index in [1.165, 1.54) is 0 Å². The average Bonchev–Trinajstić information content (AvgIpc) is 2.68. The van der Waals surface area contributed by atoms with Crippen molar-refractivity contribution >= 4 is 5.97 Å². The van der Waals surface area contributed by atoms with Crippen LogP contribution in [-0.4, -0.2) is 11.1 Å². The van der Waals surface area contributed by atoms with Crippen LogP contribution in [0.1, 0.15) is 23.1 Å². The van der Waals surface area contributed by atoms with Crippen LogP contribution in [0.15, 0.2) is 103 Å². The Morgan fingerprint density at radius 2 is 1.04 bits per heavy atom. The van der Waals surface area contributed by atoms with E-state index < -0.39 is 11.4 Å². The molecule has 0 unspecified atom stereocenters. The van der Waals surface area contributed by atoms with Crippen LogP contribution in [0.3, 0.4) is 0 Å². The first-order valence-corrected chi connectivity index (χ1v) is 8.22. The summed E-state index contributed by atoms with van der Waals surface area (Å²) in [5, 5.41) is 9.49. The maximum absolute atomic E-state index is 11.6. The predicted molar refractivity (Wildman–Crippen MR) is 101 cm³/mol. The smallest absolute Gasteiger partial charge is 0.331 e. The number of carboxylic acid groups (broad SMARTS) is 1.